The number of para-hydroxylation sites is 1. The zero-order chi connectivity index (χ0) is 15.1. The molecule has 0 saturated heterocycles. The maximum absolute atomic E-state index is 13.4. The van der Waals surface area contributed by atoms with Gasteiger partial charge in [-0.3, -0.25) is 14.9 Å². The van der Waals surface area contributed by atoms with Gasteiger partial charge in [-0.05, 0) is 25.0 Å². The number of carboxylic acid groups (broad SMARTS) is 1. The summed E-state index contributed by atoms with van der Waals surface area (Å²) in [4.78, 5) is 19.6. The molecule has 0 aromatic heterocycles. The SMILES string of the molecule is O=C(O)C1(NS(=O)(=O)c2cccc(F)c2[N+](=O)[O-])CC1. The second-order valence-electron chi connectivity index (χ2n) is 4.34. The van der Waals surface area contributed by atoms with Crippen LogP contribution in [0.3, 0.4) is 0 Å². The smallest absolute Gasteiger partial charge is 0.324 e. The third-order valence-electron chi connectivity index (χ3n) is 2.91. The lowest BCUT2D eigenvalue weighted by molar-refractivity contribution is -0.390. The number of rotatable bonds is 5. The van der Waals surface area contributed by atoms with Crippen LogP contribution in [0.25, 0.3) is 0 Å². The van der Waals surface area contributed by atoms with E-state index in [4.69, 9.17) is 5.11 Å². The highest BCUT2D eigenvalue weighted by Crippen LogP contribution is 2.38. The Morgan fingerprint density at radius 1 is 1.45 bits per heavy atom. The van der Waals surface area contributed by atoms with Crippen LogP contribution in [0, 0.1) is 15.9 Å². The van der Waals surface area contributed by atoms with Crippen molar-refractivity contribution < 1.29 is 27.6 Å². The lowest BCUT2D eigenvalue weighted by Gasteiger charge is -2.13. The minimum Gasteiger partial charge on any atom is -0.480 e. The summed E-state index contributed by atoms with van der Waals surface area (Å²) in [5.74, 6) is -2.68. The molecule has 2 rings (SSSR count). The maximum Gasteiger partial charge on any atom is 0.324 e. The summed E-state index contributed by atoms with van der Waals surface area (Å²) in [6, 6.07) is 2.60. The first-order chi connectivity index (χ1) is 9.19. The van der Waals surface area contributed by atoms with Crippen molar-refractivity contribution in [2.75, 3.05) is 0 Å². The summed E-state index contributed by atoms with van der Waals surface area (Å²) in [6.45, 7) is 0. The van der Waals surface area contributed by atoms with Gasteiger partial charge in [0.05, 0.1) is 4.92 Å². The molecule has 2 N–H and O–H groups in total. The summed E-state index contributed by atoms with van der Waals surface area (Å²) >= 11 is 0. The summed E-state index contributed by atoms with van der Waals surface area (Å²) in [7, 11) is -4.51. The topological polar surface area (TPSA) is 127 Å². The number of nitro benzene ring substituents is 1. The lowest BCUT2D eigenvalue weighted by atomic mass is 10.3. The average molecular weight is 304 g/mol. The number of carbonyl (C=O) groups is 1. The van der Waals surface area contributed by atoms with Crippen molar-refractivity contribution in [3.8, 4) is 0 Å². The molecule has 8 nitrogen and oxygen atoms in total. The van der Waals surface area contributed by atoms with Crippen molar-refractivity contribution in [3.05, 3.63) is 34.1 Å². The molecule has 0 heterocycles. The monoisotopic (exact) mass is 304 g/mol. The van der Waals surface area contributed by atoms with Crippen molar-refractivity contribution >= 4 is 21.7 Å². The van der Waals surface area contributed by atoms with Crippen molar-refractivity contribution in [2.24, 2.45) is 0 Å². The molecule has 1 aromatic rings. The van der Waals surface area contributed by atoms with E-state index in [2.05, 4.69) is 0 Å². The van der Waals surface area contributed by atoms with Gasteiger partial charge < -0.3 is 5.11 Å². The number of hydrogen-bond acceptors (Lipinski definition) is 5. The van der Waals surface area contributed by atoms with Crippen LogP contribution in [0.4, 0.5) is 10.1 Å². The largest absolute Gasteiger partial charge is 0.480 e. The summed E-state index contributed by atoms with van der Waals surface area (Å²) in [5.41, 5.74) is -2.86. The Hall–Kier alpha value is -2.07. The molecule has 1 aliphatic rings. The number of nitrogens with one attached hydrogen (secondary N) is 1. The maximum atomic E-state index is 13.4. The fourth-order valence-corrected chi connectivity index (χ4v) is 3.29. The van der Waals surface area contributed by atoms with Gasteiger partial charge in [0.15, 0.2) is 4.90 Å². The minimum absolute atomic E-state index is 0.0741. The molecule has 0 unspecified atom stereocenters. The molecule has 0 radical (unpaired) electrons. The third kappa shape index (κ3) is 2.34. The van der Waals surface area contributed by atoms with Crippen LogP contribution in [-0.4, -0.2) is 30.0 Å². The molecule has 10 heteroatoms. The lowest BCUT2D eigenvalue weighted by Crippen LogP contribution is -2.43. The fourth-order valence-electron chi connectivity index (χ4n) is 1.69. The highest BCUT2D eigenvalue weighted by atomic mass is 32.2. The van der Waals surface area contributed by atoms with Crippen LogP contribution >= 0.6 is 0 Å². The van der Waals surface area contributed by atoms with Gasteiger partial charge in [0.1, 0.15) is 5.54 Å². The van der Waals surface area contributed by atoms with E-state index in [0.717, 1.165) is 18.2 Å². The second-order valence-corrected chi connectivity index (χ2v) is 5.99. The Morgan fingerprint density at radius 2 is 2.05 bits per heavy atom. The van der Waals surface area contributed by atoms with Crippen molar-refractivity contribution in [3.63, 3.8) is 0 Å². The van der Waals surface area contributed by atoms with E-state index in [1.165, 1.54) is 0 Å². The van der Waals surface area contributed by atoms with Crippen LogP contribution < -0.4 is 4.72 Å². The second kappa shape index (κ2) is 4.49. The van der Waals surface area contributed by atoms with E-state index in [0.29, 0.717) is 0 Å². The normalized spacial score (nSPS) is 16.6. The molecule has 20 heavy (non-hydrogen) atoms. The van der Waals surface area contributed by atoms with E-state index in [1.807, 2.05) is 4.72 Å². The number of sulfonamides is 1. The molecule has 1 saturated carbocycles. The third-order valence-corrected chi connectivity index (χ3v) is 4.48. The van der Waals surface area contributed by atoms with E-state index in [1.54, 1.807) is 0 Å². The molecule has 1 aromatic carbocycles. The number of carboxylic acids is 1. The van der Waals surface area contributed by atoms with E-state index in [9.17, 15) is 27.7 Å². The molecule has 0 bridgehead atoms. The Bertz CT molecular complexity index is 698. The Labute approximate surface area is 112 Å². The van der Waals surface area contributed by atoms with Gasteiger partial charge >= 0.3 is 11.7 Å². The zero-order valence-corrected chi connectivity index (χ0v) is 10.7. The fraction of sp³-hybridized carbons (Fsp3) is 0.300. The average Bonchev–Trinajstić information content (AvgIpc) is 3.08. The van der Waals surface area contributed by atoms with Crippen LogP contribution in [0.1, 0.15) is 12.8 Å². The van der Waals surface area contributed by atoms with E-state index < -0.39 is 42.9 Å². The number of halogens is 1. The van der Waals surface area contributed by atoms with Gasteiger partial charge in [-0.15, -0.1) is 0 Å². The number of nitrogens with zero attached hydrogens (tertiary/aromatic N) is 1. The van der Waals surface area contributed by atoms with Crippen LogP contribution in [0.5, 0.6) is 0 Å². The van der Waals surface area contributed by atoms with Crippen molar-refractivity contribution in [1.29, 1.82) is 0 Å². The Balaban J connectivity index is 2.48. The highest BCUT2D eigenvalue weighted by molar-refractivity contribution is 7.89. The Morgan fingerprint density at radius 3 is 2.50 bits per heavy atom. The number of benzene rings is 1. The van der Waals surface area contributed by atoms with Crippen molar-refractivity contribution in [2.45, 2.75) is 23.3 Å². The molecule has 1 fully saturated rings. The van der Waals surface area contributed by atoms with Gasteiger partial charge in [0.25, 0.3) is 0 Å². The van der Waals surface area contributed by atoms with Crippen LogP contribution in [0.2, 0.25) is 0 Å². The van der Waals surface area contributed by atoms with Gasteiger partial charge in [-0.2, -0.15) is 9.11 Å². The molecule has 0 spiro atoms. The summed E-state index contributed by atoms with van der Waals surface area (Å²) in [5, 5.41) is 19.7. The van der Waals surface area contributed by atoms with Crippen LogP contribution in [0.15, 0.2) is 23.1 Å². The molecule has 0 aliphatic heterocycles. The van der Waals surface area contributed by atoms with Gasteiger partial charge in [0, 0.05) is 0 Å². The minimum atomic E-state index is -4.51. The molecular formula is C10H9FN2O6S. The number of nitro groups is 1. The molecule has 0 amide bonds. The summed E-state index contributed by atoms with van der Waals surface area (Å²) < 4.78 is 39.3. The first kappa shape index (κ1) is 14.3. The predicted octanol–water partition coefficient (Wildman–Crippen LogP) is 0.629. The van der Waals surface area contributed by atoms with E-state index >= 15 is 0 Å². The zero-order valence-electron chi connectivity index (χ0n) is 9.87. The van der Waals surface area contributed by atoms with Gasteiger partial charge in [-0.25, -0.2) is 8.42 Å². The van der Waals surface area contributed by atoms with Crippen LogP contribution in [-0.2, 0) is 14.8 Å². The number of hydrogen-bond donors (Lipinski definition) is 2. The Kier molecular flexibility index (Phi) is 3.22. The standard InChI is InChI=1S/C10H9FN2O6S/c11-6-2-1-3-7(8(6)13(16)17)20(18,19)12-10(4-5-10)9(14)15/h1-3,12H,4-5H2,(H,14,15). The molecular weight excluding hydrogens is 295 g/mol. The highest BCUT2D eigenvalue weighted by Gasteiger charge is 2.54. The molecule has 108 valence electrons. The quantitative estimate of drug-likeness (QED) is 0.606. The first-order valence-electron chi connectivity index (χ1n) is 5.40. The molecule has 1 aliphatic carbocycles. The van der Waals surface area contributed by atoms with Gasteiger partial charge in [0.2, 0.25) is 15.8 Å². The summed E-state index contributed by atoms with van der Waals surface area (Å²) in [6.07, 6.45) is 0.148. The predicted molar refractivity (Wildman–Crippen MR) is 63.0 cm³/mol. The first-order valence-corrected chi connectivity index (χ1v) is 6.88. The van der Waals surface area contributed by atoms with Crippen molar-refractivity contribution in [1.82, 2.24) is 4.72 Å². The number of aliphatic carboxylic acids is 1. The molecule has 0 atom stereocenters. The van der Waals surface area contributed by atoms with Gasteiger partial charge in [-0.1, -0.05) is 6.07 Å². The van der Waals surface area contributed by atoms with E-state index in [-0.39, 0.29) is 12.8 Å².